The monoisotopic (exact) mass is 348 g/mol. The van der Waals surface area contributed by atoms with Gasteiger partial charge in [0.15, 0.2) is 11.5 Å². The number of para-hydroxylation sites is 1. The number of carbonyl (C=O) groups is 1. The number of aromatic nitrogens is 1. The van der Waals surface area contributed by atoms with Gasteiger partial charge in [0.1, 0.15) is 0 Å². The van der Waals surface area contributed by atoms with Crippen LogP contribution in [0.2, 0.25) is 0 Å². The minimum Gasteiger partial charge on any atom is -0.490 e. The van der Waals surface area contributed by atoms with Crippen LogP contribution in [0.25, 0.3) is 0 Å². The highest BCUT2D eigenvalue weighted by Gasteiger charge is 2.15. The number of carbonyl (C=O) groups excluding carboxylic acids is 1. The molecule has 6 nitrogen and oxygen atoms in total. The average molecular weight is 348 g/mol. The van der Waals surface area contributed by atoms with Crippen LogP contribution in [0, 0.1) is 6.92 Å². The maximum atomic E-state index is 12.1. The Balaban J connectivity index is 1.58. The van der Waals surface area contributed by atoms with E-state index in [9.17, 15) is 9.59 Å². The van der Waals surface area contributed by atoms with E-state index in [1.165, 1.54) is 0 Å². The van der Waals surface area contributed by atoms with E-state index in [-0.39, 0.29) is 17.2 Å². The van der Waals surface area contributed by atoms with Crippen molar-refractivity contribution >= 4 is 17.2 Å². The number of hydrogen-bond acceptors (Lipinski definition) is 5. The van der Waals surface area contributed by atoms with Crippen LogP contribution >= 0.6 is 11.3 Å². The van der Waals surface area contributed by atoms with Crippen LogP contribution in [-0.2, 0) is 17.9 Å². The number of fused-ring (bicyclic) bond motifs is 1. The van der Waals surface area contributed by atoms with Crippen molar-refractivity contribution in [3.8, 4) is 11.5 Å². The van der Waals surface area contributed by atoms with Gasteiger partial charge in [-0.3, -0.25) is 9.59 Å². The van der Waals surface area contributed by atoms with Crippen LogP contribution < -0.4 is 19.7 Å². The van der Waals surface area contributed by atoms with E-state index in [2.05, 4.69) is 5.32 Å². The van der Waals surface area contributed by atoms with Gasteiger partial charge in [0.25, 0.3) is 0 Å². The third-order valence-electron chi connectivity index (χ3n) is 3.87. The van der Waals surface area contributed by atoms with Crippen molar-refractivity contribution in [2.45, 2.75) is 32.9 Å². The molecule has 1 aromatic carbocycles. The van der Waals surface area contributed by atoms with Gasteiger partial charge in [0.2, 0.25) is 5.91 Å². The second-order valence-electron chi connectivity index (χ2n) is 5.62. The summed E-state index contributed by atoms with van der Waals surface area (Å²) in [6, 6.07) is 5.68. The molecule has 1 N–H and O–H groups in total. The molecule has 1 aliphatic rings. The van der Waals surface area contributed by atoms with Crippen LogP contribution in [0.15, 0.2) is 28.4 Å². The summed E-state index contributed by atoms with van der Waals surface area (Å²) < 4.78 is 13.0. The molecular weight excluding hydrogens is 328 g/mol. The summed E-state index contributed by atoms with van der Waals surface area (Å²) in [6.07, 6.45) is 1.11. The lowest BCUT2D eigenvalue weighted by atomic mass is 10.2. The highest BCUT2D eigenvalue weighted by Crippen LogP contribution is 2.33. The summed E-state index contributed by atoms with van der Waals surface area (Å²) in [5.74, 6) is 1.33. The molecule has 24 heavy (non-hydrogen) atoms. The van der Waals surface area contributed by atoms with Gasteiger partial charge in [0, 0.05) is 42.6 Å². The van der Waals surface area contributed by atoms with Gasteiger partial charge in [-0.2, -0.15) is 0 Å². The normalized spacial score (nSPS) is 13.4. The Bertz CT molecular complexity index is 781. The van der Waals surface area contributed by atoms with Gasteiger partial charge < -0.3 is 19.4 Å². The molecule has 0 radical (unpaired) electrons. The van der Waals surface area contributed by atoms with Crippen LogP contribution in [0.5, 0.6) is 11.5 Å². The maximum absolute atomic E-state index is 12.1. The van der Waals surface area contributed by atoms with Crippen molar-refractivity contribution in [3.05, 3.63) is 44.5 Å². The second-order valence-corrected chi connectivity index (χ2v) is 6.44. The molecule has 1 amide bonds. The number of amides is 1. The van der Waals surface area contributed by atoms with E-state index in [1.807, 2.05) is 25.1 Å². The average Bonchev–Trinajstić information content (AvgIpc) is 2.78. The fraction of sp³-hybridized carbons (Fsp3) is 0.412. The lowest BCUT2D eigenvalue weighted by Crippen LogP contribution is -2.26. The van der Waals surface area contributed by atoms with Crippen LogP contribution in [-0.4, -0.2) is 23.7 Å². The third kappa shape index (κ3) is 3.79. The van der Waals surface area contributed by atoms with Crippen molar-refractivity contribution in [2.75, 3.05) is 13.2 Å². The van der Waals surface area contributed by atoms with E-state index < -0.39 is 0 Å². The minimum atomic E-state index is -0.0976. The molecule has 2 heterocycles. The number of benzene rings is 1. The first kappa shape index (κ1) is 16.6. The standard InChI is InChI=1S/C17H20N2O4S/c1-12-11-24-17(21)19(12)7-6-15(20)18-10-13-4-2-5-14-16(13)23-9-3-8-22-14/h2,4-5,11H,3,6-10H2,1H3,(H,18,20). The summed E-state index contributed by atoms with van der Waals surface area (Å²) in [7, 11) is 0. The lowest BCUT2D eigenvalue weighted by Gasteiger charge is -2.13. The maximum Gasteiger partial charge on any atom is 0.307 e. The van der Waals surface area contributed by atoms with Crippen LogP contribution in [0.3, 0.4) is 0 Å². The Morgan fingerprint density at radius 3 is 2.96 bits per heavy atom. The SMILES string of the molecule is Cc1csc(=O)n1CCC(=O)NCc1cccc2c1OCCCO2. The summed E-state index contributed by atoms with van der Waals surface area (Å²) in [6.45, 7) is 3.89. The zero-order valence-corrected chi connectivity index (χ0v) is 14.4. The van der Waals surface area contributed by atoms with Crippen molar-refractivity contribution < 1.29 is 14.3 Å². The second kappa shape index (κ2) is 7.53. The molecule has 0 saturated carbocycles. The molecule has 3 rings (SSSR count). The number of nitrogens with one attached hydrogen (secondary N) is 1. The molecule has 0 atom stereocenters. The molecule has 0 saturated heterocycles. The zero-order valence-electron chi connectivity index (χ0n) is 13.5. The first-order valence-corrected chi connectivity index (χ1v) is 8.82. The molecular formula is C17H20N2O4S. The largest absolute Gasteiger partial charge is 0.490 e. The van der Waals surface area contributed by atoms with E-state index in [4.69, 9.17) is 9.47 Å². The summed E-state index contributed by atoms with van der Waals surface area (Å²) in [5, 5.41) is 4.69. The van der Waals surface area contributed by atoms with Crippen molar-refractivity contribution in [1.29, 1.82) is 0 Å². The number of ether oxygens (including phenoxy) is 2. The Morgan fingerprint density at radius 2 is 2.17 bits per heavy atom. The topological polar surface area (TPSA) is 69.6 Å². The first-order chi connectivity index (χ1) is 11.6. The number of rotatable bonds is 5. The minimum absolute atomic E-state index is 0.0285. The molecule has 1 aliphatic heterocycles. The molecule has 0 aliphatic carbocycles. The lowest BCUT2D eigenvalue weighted by molar-refractivity contribution is -0.121. The van der Waals surface area contributed by atoms with Crippen LogP contribution in [0.1, 0.15) is 24.1 Å². The predicted molar refractivity (Wildman–Crippen MR) is 91.8 cm³/mol. The summed E-state index contributed by atoms with van der Waals surface area (Å²) >= 11 is 1.16. The smallest absolute Gasteiger partial charge is 0.307 e. The van der Waals surface area contributed by atoms with Gasteiger partial charge in [0.05, 0.1) is 13.2 Å². The van der Waals surface area contributed by atoms with Gasteiger partial charge in [-0.15, -0.1) is 0 Å². The summed E-state index contributed by atoms with van der Waals surface area (Å²) in [5.41, 5.74) is 1.78. The number of thiazole rings is 1. The number of hydrogen-bond donors (Lipinski definition) is 1. The molecule has 2 aromatic rings. The quantitative estimate of drug-likeness (QED) is 0.898. The Labute approximate surface area is 144 Å². The molecule has 0 spiro atoms. The fourth-order valence-electron chi connectivity index (χ4n) is 2.56. The molecule has 128 valence electrons. The van der Waals surface area contributed by atoms with Gasteiger partial charge in [-0.1, -0.05) is 23.5 Å². The molecule has 0 unspecified atom stereocenters. The number of nitrogens with zero attached hydrogens (tertiary/aromatic N) is 1. The Hall–Kier alpha value is -2.28. The Morgan fingerprint density at radius 1 is 1.33 bits per heavy atom. The van der Waals surface area contributed by atoms with Gasteiger partial charge in [-0.25, -0.2) is 0 Å². The highest BCUT2D eigenvalue weighted by molar-refractivity contribution is 7.07. The summed E-state index contributed by atoms with van der Waals surface area (Å²) in [4.78, 5) is 23.7. The van der Waals surface area contributed by atoms with Crippen molar-refractivity contribution in [2.24, 2.45) is 0 Å². The molecule has 1 aromatic heterocycles. The highest BCUT2D eigenvalue weighted by atomic mass is 32.1. The van der Waals surface area contributed by atoms with E-state index >= 15 is 0 Å². The number of aryl methyl sites for hydroxylation is 1. The third-order valence-corrected chi connectivity index (χ3v) is 4.75. The van der Waals surface area contributed by atoms with E-state index in [1.54, 1.807) is 9.95 Å². The molecule has 0 bridgehead atoms. The van der Waals surface area contributed by atoms with Crippen LogP contribution in [0.4, 0.5) is 0 Å². The fourth-order valence-corrected chi connectivity index (χ4v) is 3.32. The van der Waals surface area contributed by atoms with Gasteiger partial charge in [-0.05, 0) is 13.0 Å². The zero-order chi connectivity index (χ0) is 16.9. The van der Waals surface area contributed by atoms with E-state index in [0.29, 0.717) is 32.1 Å². The first-order valence-electron chi connectivity index (χ1n) is 7.94. The Kier molecular flexibility index (Phi) is 5.20. The predicted octanol–water partition coefficient (Wildman–Crippen LogP) is 2.09. The van der Waals surface area contributed by atoms with E-state index in [0.717, 1.165) is 34.8 Å². The van der Waals surface area contributed by atoms with Crippen molar-refractivity contribution in [1.82, 2.24) is 9.88 Å². The molecule has 7 heteroatoms. The van der Waals surface area contributed by atoms with Crippen molar-refractivity contribution in [3.63, 3.8) is 0 Å². The van der Waals surface area contributed by atoms with Gasteiger partial charge >= 0.3 is 4.87 Å². The molecule has 0 fully saturated rings.